The Kier molecular flexibility index (Phi) is 6.77. The van der Waals surface area contributed by atoms with Crippen molar-refractivity contribution in [2.45, 2.75) is 52.0 Å². The van der Waals surface area contributed by atoms with Crippen LogP contribution in [0.4, 0.5) is 10.5 Å². The summed E-state index contributed by atoms with van der Waals surface area (Å²) >= 11 is 0. The van der Waals surface area contributed by atoms with Crippen LogP contribution in [0.2, 0.25) is 0 Å². The summed E-state index contributed by atoms with van der Waals surface area (Å²) < 4.78 is 4.94. The van der Waals surface area contributed by atoms with Gasteiger partial charge in [-0.25, -0.2) is 4.79 Å². The number of nitrogens with one attached hydrogen (secondary N) is 2. The van der Waals surface area contributed by atoms with Crippen molar-refractivity contribution in [3.05, 3.63) is 29.8 Å². The summed E-state index contributed by atoms with van der Waals surface area (Å²) in [5, 5.41) is 5.24. The molecule has 8 heteroatoms. The van der Waals surface area contributed by atoms with E-state index in [0.29, 0.717) is 11.6 Å². The molecule has 0 aliphatic carbocycles. The zero-order valence-electron chi connectivity index (χ0n) is 16.7. The molecule has 0 atom stereocenters. The number of urea groups is 1. The molecule has 0 saturated carbocycles. The maximum atomic E-state index is 12.0. The third kappa shape index (κ3) is 5.55. The van der Waals surface area contributed by atoms with Crippen LogP contribution < -0.4 is 10.6 Å². The van der Waals surface area contributed by atoms with Crippen molar-refractivity contribution in [2.24, 2.45) is 0 Å². The number of esters is 1. The van der Waals surface area contributed by atoms with Gasteiger partial charge in [-0.3, -0.25) is 19.3 Å². The number of nitrogens with zero attached hydrogens (tertiary/aromatic N) is 1. The van der Waals surface area contributed by atoms with Gasteiger partial charge in [-0.1, -0.05) is 26.0 Å². The molecule has 2 N–H and O–H groups in total. The zero-order chi connectivity index (χ0) is 20.9. The molecule has 1 fully saturated rings. The van der Waals surface area contributed by atoms with Crippen molar-refractivity contribution in [3.63, 3.8) is 0 Å². The summed E-state index contributed by atoms with van der Waals surface area (Å²) in [6, 6.07) is 7.00. The number of anilines is 1. The fourth-order valence-electron chi connectivity index (χ4n) is 2.77. The van der Waals surface area contributed by atoms with Gasteiger partial charge in [-0.2, -0.15) is 0 Å². The molecule has 0 bridgehead atoms. The fraction of sp³-hybridized carbons (Fsp3) is 0.500. The molecule has 8 nitrogen and oxygen atoms in total. The van der Waals surface area contributed by atoms with Crippen LogP contribution in [0.5, 0.6) is 0 Å². The number of rotatable bonds is 8. The molecule has 1 heterocycles. The second kappa shape index (κ2) is 8.86. The van der Waals surface area contributed by atoms with E-state index in [2.05, 4.69) is 24.5 Å². The topological polar surface area (TPSA) is 105 Å². The molecule has 1 aromatic rings. The highest BCUT2D eigenvalue weighted by Gasteiger charge is 2.43. The van der Waals surface area contributed by atoms with Crippen molar-refractivity contribution in [1.29, 1.82) is 0 Å². The number of benzene rings is 1. The predicted octanol–water partition coefficient (Wildman–Crippen LogP) is 2.40. The minimum Gasteiger partial charge on any atom is -0.456 e. The largest absolute Gasteiger partial charge is 0.456 e. The van der Waals surface area contributed by atoms with E-state index in [9.17, 15) is 19.2 Å². The summed E-state index contributed by atoms with van der Waals surface area (Å²) in [6.45, 7) is 7.14. The van der Waals surface area contributed by atoms with E-state index >= 15 is 0 Å². The summed E-state index contributed by atoms with van der Waals surface area (Å²) in [6.07, 6.45) is 0.278. The first-order chi connectivity index (χ1) is 13.1. The van der Waals surface area contributed by atoms with Crippen LogP contribution >= 0.6 is 0 Å². The minimum atomic E-state index is -0.928. The van der Waals surface area contributed by atoms with Gasteiger partial charge in [0.25, 0.3) is 11.8 Å². The van der Waals surface area contributed by atoms with E-state index in [1.165, 1.54) is 0 Å². The molecule has 4 amide bonds. The van der Waals surface area contributed by atoms with Crippen LogP contribution in [0, 0.1) is 0 Å². The van der Waals surface area contributed by atoms with Crippen LogP contribution in [-0.2, 0) is 19.1 Å². The average molecular weight is 389 g/mol. The Morgan fingerprint density at radius 3 is 2.36 bits per heavy atom. The number of carbonyl (C=O) groups is 4. The van der Waals surface area contributed by atoms with Crippen molar-refractivity contribution >= 4 is 29.5 Å². The number of hydrogen-bond acceptors (Lipinski definition) is 5. The molecular formula is C20H27N3O5. The van der Waals surface area contributed by atoms with Crippen molar-refractivity contribution in [3.8, 4) is 0 Å². The molecule has 1 aromatic carbocycles. The minimum absolute atomic E-state index is 0.00779. The van der Waals surface area contributed by atoms with E-state index in [0.717, 1.165) is 10.5 Å². The Bertz CT molecular complexity index is 756. The average Bonchev–Trinajstić information content (AvgIpc) is 2.82. The molecule has 0 spiro atoms. The standard InChI is InChI=1S/C20H27N3O5/c1-13(2)14-7-9-15(10-8-14)21-16(24)12-28-17(25)6-5-11-23-18(26)20(3,4)22-19(23)27/h7-10,13H,5-6,11-12H2,1-4H3,(H,21,24)(H,22,27). The van der Waals surface area contributed by atoms with Crippen molar-refractivity contribution in [1.82, 2.24) is 10.2 Å². The normalized spacial score (nSPS) is 15.5. The van der Waals surface area contributed by atoms with Gasteiger partial charge in [-0.05, 0) is 43.9 Å². The fourth-order valence-corrected chi connectivity index (χ4v) is 2.77. The summed E-state index contributed by atoms with van der Waals surface area (Å²) in [4.78, 5) is 48.5. The SMILES string of the molecule is CC(C)c1ccc(NC(=O)COC(=O)CCCN2C(=O)NC(C)(C)C2=O)cc1. The lowest BCUT2D eigenvalue weighted by Crippen LogP contribution is -2.40. The van der Waals surface area contributed by atoms with Gasteiger partial charge < -0.3 is 15.4 Å². The van der Waals surface area contributed by atoms with E-state index < -0.39 is 23.4 Å². The molecule has 1 saturated heterocycles. The first-order valence-corrected chi connectivity index (χ1v) is 9.29. The van der Waals surface area contributed by atoms with E-state index in [1.807, 2.05) is 12.1 Å². The Morgan fingerprint density at radius 2 is 1.82 bits per heavy atom. The summed E-state index contributed by atoms with van der Waals surface area (Å²) in [7, 11) is 0. The van der Waals surface area contributed by atoms with Crippen LogP contribution in [0.25, 0.3) is 0 Å². The van der Waals surface area contributed by atoms with E-state index in [-0.39, 0.29) is 31.9 Å². The van der Waals surface area contributed by atoms with Crippen LogP contribution in [0.1, 0.15) is 52.0 Å². The monoisotopic (exact) mass is 389 g/mol. The van der Waals surface area contributed by atoms with Crippen molar-refractivity contribution in [2.75, 3.05) is 18.5 Å². The highest BCUT2D eigenvalue weighted by atomic mass is 16.5. The smallest absolute Gasteiger partial charge is 0.325 e. The van der Waals surface area contributed by atoms with Gasteiger partial charge >= 0.3 is 12.0 Å². The molecule has 0 radical (unpaired) electrons. The molecule has 152 valence electrons. The first-order valence-electron chi connectivity index (χ1n) is 9.29. The van der Waals surface area contributed by atoms with Gasteiger partial charge in [0.1, 0.15) is 5.54 Å². The number of hydrogen-bond donors (Lipinski definition) is 2. The highest BCUT2D eigenvalue weighted by Crippen LogP contribution is 2.18. The molecule has 0 unspecified atom stereocenters. The molecular weight excluding hydrogens is 362 g/mol. The van der Waals surface area contributed by atoms with E-state index in [1.54, 1.807) is 26.0 Å². The lowest BCUT2D eigenvalue weighted by molar-refractivity contribution is -0.147. The Labute approximate surface area is 164 Å². The highest BCUT2D eigenvalue weighted by molar-refractivity contribution is 6.06. The summed E-state index contributed by atoms with van der Waals surface area (Å²) in [5.41, 5.74) is 0.868. The quantitative estimate of drug-likeness (QED) is 0.525. The van der Waals surface area contributed by atoms with Crippen LogP contribution in [-0.4, -0.2) is 47.4 Å². The number of imide groups is 1. The Balaban J connectivity index is 1.69. The second-order valence-electron chi connectivity index (χ2n) is 7.60. The lowest BCUT2D eigenvalue weighted by Gasteiger charge is -2.15. The third-order valence-electron chi connectivity index (χ3n) is 4.43. The molecule has 1 aliphatic heterocycles. The van der Waals surface area contributed by atoms with Gasteiger partial charge in [0.15, 0.2) is 6.61 Å². The number of carbonyl (C=O) groups excluding carboxylic acids is 4. The molecule has 0 aromatic heterocycles. The van der Waals surface area contributed by atoms with Crippen LogP contribution in [0.15, 0.2) is 24.3 Å². The van der Waals surface area contributed by atoms with Gasteiger partial charge in [-0.15, -0.1) is 0 Å². The van der Waals surface area contributed by atoms with Gasteiger partial charge in [0, 0.05) is 18.7 Å². The molecule has 2 rings (SSSR count). The number of ether oxygens (including phenoxy) is 1. The van der Waals surface area contributed by atoms with Gasteiger partial charge in [0.05, 0.1) is 0 Å². The summed E-state index contributed by atoms with van der Waals surface area (Å²) in [5.74, 6) is -0.912. The van der Waals surface area contributed by atoms with Crippen LogP contribution in [0.3, 0.4) is 0 Å². The maximum absolute atomic E-state index is 12.0. The second-order valence-corrected chi connectivity index (χ2v) is 7.60. The van der Waals surface area contributed by atoms with E-state index in [4.69, 9.17) is 4.74 Å². The zero-order valence-corrected chi connectivity index (χ0v) is 16.7. The number of amides is 4. The predicted molar refractivity (Wildman–Crippen MR) is 104 cm³/mol. The Hall–Kier alpha value is -2.90. The molecule has 1 aliphatic rings. The lowest BCUT2D eigenvalue weighted by atomic mass is 10.0. The first kappa shape index (κ1) is 21.4. The van der Waals surface area contributed by atoms with Crippen molar-refractivity contribution < 1.29 is 23.9 Å². The molecule has 28 heavy (non-hydrogen) atoms. The van der Waals surface area contributed by atoms with Gasteiger partial charge in [0.2, 0.25) is 0 Å². The third-order valence-corrected chi connectivity index (χ3v) is 4.43. The Morgan fingerprint density at radius 1 is 1.18 bits per heavy atom. The maximum Gasteiger partial charge on any atom is 0.325 e.